The molecule has 1 amide bonds. The molecule has 4 aromatic rings. The zero-order chi connectivity index (χ0) is 21.9. The first-order chi connectivity index (χ1) is 14.7. The Hall–Kier alpha value is -3.33. The first kappa shape index (κ1) is 19.6. The molecule has 1 fully saturated rings. The van der Waals surface area contributed by atoms with E-state index in [9.17, 15) is 23.1 Å². The minimum absolute atomic E-state index is 0.155. The van der Waals surface area contributed by atoms with Crippen LogP contribution in [0.3, 0.4) is 0 Å². The van der Waals surface area contributed by atoms with Crippen LogP contribution in [-0.2, 0) is 13.2 Å². The van der Waals surface area contributed by atoms with Crippen LogP contribution >= 0.6 is 0 Å². The van der Waals surface area contributed by atoms with Crippen LogP contribution in [0.2, 0.25) is 0 Å². The number of β-amino-alcohol motifs (C(OH)–C–C–N with tert-alkyl or cyclic N) is 1. The van der Waals surface area contributed by atoms with Gasteiger partial charge in [-0.3, -0.25) is 14.0 Å². The van der Waals surface area contributed by atoms with Gasteiger partial charge in [-0.2, -0.15) is 18.3 Å². The number of aryl methyl sites for hydroxylation is 1. The molecule has 31 heavy (non-hydrogen) atoms. The lowest BCUT2D eigenvalue weighted by atomic mass is 10.1. The van der Waals surface area contributed by atoms with Crippen molar-refractivity contribution in [3.8, 4) is 5.69 Å². The van der Waals surface area contributed by atoms with Crippen molar-refractivity contribution in [3.63, 3.8) is 0 Å². The average molecular weight is 428 g/mol. The minimum atomic E-state index is -4.41. The lowest BCUT2D eigenvalue weighted by molar-refractivity contribution is -0.137. The van der Waals surface area contributed by atoms with Crippen molar-refractivity contribution >= 4 is 27.8 Å². The summed E-state index contributed by atoms with van der Waals surface area (Å²) in [6, 6.07) is 10.2. The number of amides is 1. The number of carbonyl (C=O) groups is 1. The molecule has 2 aromatic heterocycles. The molecule has 9 heteroatoms. The molecular formula is C22H19F3N4O2. The summed E-state index contributed by atoms with van der Waals surface area (Å²) in [4.78, 5) is 14.5. The van der Waals surface area contributed by atoms with Crippen LogP contribution < -0.4 is 0 Å². The third-order valence-corrected chi connectivity index (χ3v) is 5.70. The molecule has 1 aliphatic rings. The van der Waals surface area contributed by atoms with Crippen molar-refractivity contribution in [2.24, 2.45) is 7.05 Å². The molecule has 5 rings (SSSR count). The summed E-state index contributed by atoms with van der Waals surface area (Å²) < 4.78 is 42.3. The first-order valence-electron chi connectivity index (χ1n) is 9.85. The normalized spacial score (nSPS) is 17.2. The van der Waals surface area contributed by atoms with Gasteiger partial charge in [0.2, 0.25) is 0 Å². The number of alkyl halides is 3. The van der Waals surface area contributed by atoms with E-state index in [0.717, 1.165) is 28.4 Å². The van der Waals surface area contributed by atoms with Crippen molar-refractivity contribution in [1.82, 2.24) is 19.2 Å². The lowest BCUT2D eigenvalue weighted by Crippen LogP contribution is -2.29. The van der Waals surface area contributed by atoms with E-state index in [1.54, 1.807) is 39.4 Å². The Morgan fingerprint density at radius 1 is 1.13 bits per heavy atom. The molecule has 1 atom stereocenters. The fraction of sp³-hybridized carbons (Fsp3) is 0.273. The van der Waals surface area contributed by atoms with Crippen LogP contribution in [0.15, 0.2) is 48.7 Å². The highest BCUT2D eigenvalue weighted by Gasteiger charge is 2.30. The molecule has 0 radical (unpaired) electrons. The van der Waals surface area contributed by atoms with Crippen LogP contribution in [-0.4, -0.2) is 49.5 Å². The largest absolute Gasteiger partial charge is 0.416 e. The molecule has 0 spiro atoms. The second kappa shape index (κ2) is 6.84. The predicted octanol–water partition coefficient (Wildman–Crippen LogP) is 3.74. The number of nitrogens with zero attached hydrogens (tertiary/aromatic N) is 4. The number of aliphatic hydroxyl groups is 1. The van der Waals surface area contributed by atoms with Gasteiger partial charge >= 0.3 is 6.18 Å². The van der Waals surface area contributed by atoms with E-state index >= 15 is 0 Å². The van der Waals surface area contributed by atoms with Crippen LogP contribution in [0.25, 0.3) is 27.6 Å². The second-order valence-electron chi connectivity index (χ2n) is 7.85. The Morgan fingerprint density at radius 3 is 2.52 bits per heavy atom. The van der Waals surface area contributed by atoms with Gasteiger partial charge in [-0.05, 0) is 48.9 Å². The molecule has 3 heterocycles. The highest BCUT2D eigenvalue weighted by molar-refractivity contribution is 6.10. The number of carbonyl (C=O) groups excluding carboxylic acids is 1. The highest BCUT2D eigenvalue weighted by atomic mass is 19.4. The molecule has 1 saturated heterocycles. The number of hydrogen-bond donors (Lipinski definition) is 1. The fourth-order valence-corrected chi connectivity index (χ4v) is 4.20. The molecule has 0 saturated carbocycles. The number of halogens is 3. The monoisotopic (exact) mass is 428 g/mol. The predicted molar refractivity (Wildman–Crippen MR) is 109 cm³/mol. The molecule has 6 nitrogen and oxygen atoms in total. The third-order valence-electron chi connectivity index (χ3n) is 5.70. The maximum atomic E-state index is 13.0. The molecular weight excluding hydrogens is 409 g/mol. The minimum Gasteiger partial charge on any atom is -0.391 e. The van der Waals surface area contributed by atoms with Crippen LogP contribution in [0.5, 0.6) is 0 Å². The zero-order valence-electron chi connectivity index (χ0n) is 16.6. The molecule has 0 aliphatic carbocycles. The van der Waals surface area contributed by atoms with Gasteiger partial charge in [-0.25, -0.2) is 0 Å². The number of rotatable bonds is 2. The lowest BCUT2D eigenvalue weighted by Gasteiger charge is -2.15. The van der Waals surface area contributed by atoms with Gasteiger partial charge < -0.3 is 10.0 Å². The van der Waals surface area contributed by atoms with Gasteiger partial charge in [0.1, 0.15) is 0 Å². The van der Waals surface area contributed by atoms with Gasteiger partial charge in [-0.1, -0.05) is 0 Å². The second-order valence-corrected chi connectivity index (χ2v) is 7.85. The number of aromatic nitrogens is 3. The average Bonchev–Trinajstić information content (AvgIpc) is 3.40. The Labute approximate surface area is 175 Å². The number of hydrogen-bond acceptors (Lipinski definition) is 3. The Bertz CT molecular complexity index is 1300. The van der Waals surface area contributed by atoms with Gasteiger partial charge in [-0.15, -0.1) is 0 Å². The maximum absolute atomic E-state index is 13.0. The quantitative estimate of drug-likeness (QED) is 0.529. The summed E-state index contributed by atoms with van der Waals surface area (Å²) >= 11 is 0. The molecule has 1 unspecified atom stereocenters. The van der Waals surface area contributed by atoms with E-state index in [0.29, 0.717) is 36.4 Å². The smallest absolute Gasteiger partial charge is 0.391 e. The summed E-state index contributed by atoms with van der Waals surface area (Å²) in [5.41, 5.74) is 1.67. The SMILES string of the molecule is Cn1cc2c3cc(C(=O)N4CCC(O)C4)ccc3n(-c3ccc(C(F)(F)F)cc3)c2n1. The number of aliphatic hydroxyl groups excluding tert-OH is 1. The van der Waals surface area contributed by atoms with Crippen LogP contribution in [0, 0.1) is 0 Å². The summed E-state index contributed by atoms with van der Waals surface area (Å²) in [5.74, 6) is -0.155. The first-order valence-corrected chi connectivity index (χ1v) is 9.85. The summed E-state index contributed by atoms with van der Waals surface area (Å²) in [6.07, 6.45) is -2.52. The zero-order valence-corrected chi connectivity index (χ0v) is 16.6. The van der Waals surface area contributed by atoms with Gasteiger partial charge in [0.15, 0.2) is 5.65 Å². The van der Waals surface area contributed by atoms with Crippen molar-refractivity contribution in [2.75, 3.05) is 13.1 Å². The third kappa shape index (κ3) is 3.25. The Morgan fingerprint density at radius 2 is 1.87 bits per heavy atom. The van der Waals surface area contributed by atoms with E-state index in [4.69, 9.17) is 0 Å². The topological polar surface area (TPSA) is 63.3 Å². The Kier molecular flexibility index (Phi) is 4.33. The van der Waals surface area contributed by atoms with E-state index < -0.39 is 17.8 Å². The van der Waals surface area contributed by atoms with Crippen molar-refractivity contribution in [1.29, 1.82) is 0 Å². The van der Waals surface area contributed by atoms with E-state index in [1.165, 1.54) is 12.1 Å². The van der Waals surface area contributed by atoms with Gasteiger partial charge in [0.05, 0.1) is 17.2 Å². The molecule has 1 aliphatic heterocycles. The molecule has 2 aromatic carbocycles. The summed E-state index contributed by atoms with van der Waals surface area (Å²) in [6.45, 7) is 0.818. The molecule has 0 bridgehead atoms. The number of likely N-dealkylation sites (tertiary alicyclic amines) is 1. The number of fused-ring (bicyclic) bond motifs is 3. The van der Waals surface area contributed by atoms with Gasteiger partial charge in [0.25, 0.3) is 5.91 Å². The van der Waals surface area contributed by atoms with E-state index in [2.05, 4.69) is 5.10 Å². The summed E-state index contributed by atoms with van der Waals surface area (Å²) in [7, 11) is 1.77. The Balaban J connectivity index is 1.64. The van der Waals surface area contributed by atoms with E-state index in [-0.39, 0.29) is 5.91 Å². The van der Waals surface area contributed by atoms with Crippen molar-refractivity contribution < 1.29 is 23.1 Å². The van der Waals surface area contributed by atoms with Crippen LogP contribution in [0.1, 0.15) is 22.3 Å². The van der Waals surface area contributed by atoms with Crippen molar-refractivity contribution in [2.45, 2.75) is 18.7 Å². The van der Waals surface area contributed by atoms with Crippen molar-refractivity contribution in [3.05, 3.63) is 59.8 Å². The fourth-order valence-electron chi connectivity index (χ4n) is 4.20. The standard InChI is InChI=1S/C22H19F3N4O2/c1-27-12-18-17-10-13(21(31)28-9-8-16(30)11-28)2-7-19(17)29(20(18)26-27)15-5-3-14(4-6-15)22(23,24)25/h2-7,10,12,16,30H,8-9,11H2,1H3. The number of benzene rings is 2. The molecule has 160 valence electrons. The maximum Gasteiger partial charge on any atom is 0.416 e. The summed E-state index contributed by atoms with van der Waals surface area (Å²) in [5, 5.41) is 15.8. The molecule has 1 N–H and O–H groups in total. The highest BCUT2D eigenvalue weighted by Crippen LogP contribution is 2.34. The van der Waals surface area contributed by atoms with E-state index in [1.807, 2.05) is 6.20 Å². The van der Waals surface area contributed by atoms with Gasteiger partial charge in [0, 0.05) is 48.4 Å². The van der Waals surface area contributed by atoms with Crippen LogP contribution in [0.4, 0.5) is 13.2 Å².